The standard InChI is InChI=1S/C14H26N6O11/c21-7-17-12(26)29-4-1-15-10(24)20(3-6-31-14(28)19-9-23)11(25)16-2-5-30-13(27)18-8-22/h21-23H,1-9H2,(H,15,24)(H,16,25)(H,17,26)(H,18,27)(H,19,28). The number of amides is 7. The van der Waals surface area contributed by atoms with Crippen molar-refractivity contribution >= 4 is 30.3 Å². The summed E-state index contributed by atoms with van der Waals surface area (Å²) in [5, 5.41) is 35.9. The fourth-order valence-corrected chi connectivity index (χ4v) is 1.67. The van der Waals surface area contributed by atoms with Gasteiger partial charge in [-0.1, -0.05) is 0 Å². The van der Waals surface area contributed by atoms with Gasteiger partial charge in [-0.15, -0.1) is 0 Å². The average Bonchev–Trinajstić information content (AvgIpc) is 2.72. The van der Waals surface area contributed by atoms with Crippen LogP contribution in [0.25, 0.3) is 0 Å². The van der Waals surface area contributed by atoms with E-state index in [4.69, 9.17) is 15.3 Å². The molecule has 0 spiro atoms. The molecule has 0 heterocycles. The van der Waals surface area contributed by atoms with E-state index < -0.39 is 57.1 Å². The van der Waals surface area contributed by atoms with Crippen molar-refractivity contribution in [2.45, 2.75) is 0 Å². The van der Waals surface area contributed by atoms with Gasteiger partial charge in [0.25, 0.3) is 0 Å². The van der Waals surface area contributed by atoms with Gasteiger partial charge in [-0.25, -0.2) is 28.9 Å². The molecule has 7 amide bonds. The van der Waals surface area contributed by atoms with Crippen molar-refractivity contribution in [1.82, 2.24) is 31.5 Å². The fourth-order valence-electron chi connectivity index (χ4n) is 1.67. The molecule has 31 heavy (non-hydrogen) atoms. The summed E-state index contributed by atoms with van der Waals surface area (Å²) in [6.07, 6.45) is -2.81. The number of hydrogen-bond acceptors (Lipinski definition) is 11. The molecule has 0 fully saturated rings. The molecule has 0 aromatic rings. The number of nitrogens with zero attached hydrogens (tertiary/aromatic N) is 1. The van der Waals surface area contributed by atoms with Crippen LogP contribution in [0.15, 0.2) is 0 Å². The highest BCUT2D eigenvalue weighted by Crippen LogP contribution is 1.94. The molecule has 0 rings (SSSR count). The van der Waals surface area contributed by atoms with E-state index in [0.717, 1.165) is 0 Å². The zero-order chi connectivity index (χ0) is 23.5. The van der Waals surface area contributed by atoms with E-state index in [0.29, 0.717) is 4.90 Å². The zero-order valence-corrected chi connectivity index (χ0v) is 16.4. The van der Waals surface area contributed by atoms with Crippen molar-refractivity contribution in [3.8, 4) is 0 Å². The smallest absolute Gasteiger partial charge is 0.408 e. The van der Waals surface area contributed by atoms with Crippen LogP contribution < -0.4 is 26.6 Å². The van der Waals surface area contributed by atoms with Gasteiger partial charge < -0.3 is 40.2 Å². The molecule has 0 saturated heterocycles. The van der Waals surface area contributed by atoms with Crippen LogP contribution in [0.5, 0.6) is 0 Å². The van der Waals surface area contributed by atoms with Crippen molar-refractivity contribution in [3.05, 3.63) is 0 Å². The summed E-state index contributed by atoms with van der Waals surface area (Å²) in [6.45, 7) is -3.62. The van der Waals surface area contributed by atoms with E-state index in [9.17, 15) is 24.0 Å². The minimum absolute atomic E-state index is 0.183. The molecule has 0 aliphatic carbocycles. The molecular formula is C14H26N6O11. The number of ether oxygens (including phenoxy) is 3. The lowest BCUT2D eigenvalue weighted by atomic mass is 10.5. The molecule has 8 N–H and O–H groups in total. The lowest BCUT2D eigenvalue weighted by Crippen LogP contribution is -2.51. The molecule has 0 saturated carbocycles. The Morgan fingerprint density at radius 2 is 0.935 bits per heavy atom. The van der Waals surface area contributed by atoms with Gasteiger partial charge in [-0.3, -0.25) is 16.0 Å². The molecule has 0 aromatic heterocycles. The highest BCUT2D eigenvalue weighted by atomic mass is 16.6. The van der Waals surface area contributed by atoms with Crippen LogP contribution in [0.4, 0.5) is 24.0 Å². The summed E-state index contributed by atoms with van der Waals surface area (Å²) >= 11 is 0. The van der Waals surface area contributed by atoms with Crippen LogP contribution >= 0.6 is 0 Å². The third kappa shape index (κ3) is 14.1. The average molecular weight is 454 g/mol. The van der Waals surface area contributed by atoms with Crippen LogP contribution in [0.2, 0.25) is 0 Å². The monoisotopic (exact) mass is 454 g/mol. The summed E-state index contributed by atoms with van der Waals surface area (Å²) in [6, 6.07) is -1.84. The summed E-state index contributed by atoms with van der Waals surface area (Å²) in [4.78, 5) is 58.3. The lowest BCUT2D eigenvalue weighted by molar-refractivity contribution is 0.120. The van der Waals surface area contributed by atoms with E-state index in [1.54, 1.807) is 0 Å². The van der Waals surface area contributed by atoms with Crippen LogP contribution in [0, 0.1) is 0 Å². The molecule has 17 nitrogen and oxygen atoms in total. The van der Waals surface area contributed by atoms with Crippen LogP contribution in [0.1, 0.15) is 0 Å². The topological polar surface area (TPSA) is 237 Å². The first kappa shape index (κ1) is 27.4. The normalized spacial score (nSPS) is 9.65. The number of carbonyl (C=O) groups excluding carboxylic acids is 5. The maximum Gasteiger partial charge on any atom is 0.408 e. The lowest BCUT2D eigenvalue weighted by Gasteiger charge is -2.21. The van der Waals surface area contributed by atoms with Crippen molar-refractivity contribution in [2.75, 3.05) is 59.6 Å². The molecule has 17 heteroatoms. The highest BCUT2D eigenvalue weighted by molar-refractivity contribution is 5.93. The third-order valence-electron chi connectivity index (χ3n) is 2.93. The van der Waals surface area contributed by atoms with Gasteiger partial charge >= 0.3 is 30.3 Å². The molecule has 0 bridgehead atoms. The Balaban J connectivity index is 4.58. The predicted molar refractivity (Wildman–Crippen MR) is 98.2 cm³/mol. The molecular weight excluding hydrogens is 428 g/mol. The Morgan fingerprint density at radius 3 is 1.29 bits per heavy atom. The number of urea groups is 2. The Labute approximate surface area is 176 Å². The maximum atomic E-state index is 12.2. The minimum Gasteiger partial charge on any atom is -0.448 e. The van der Waals surface area contributed by atoms with E-state index in [-0.39, 0.29) is 32.8 Å². The quantitative estimate of drug-likeness (QED) is 0.0827. The summed E-state index contributed by atoms with van der Waals surface area (Å²) < 4.78 is 13.9. The Hall–Kier alpha value is -3.57. The van der Waals surface area contributed by atoms with Crippen molar-refractivity contribution in [2.24, 2.45) is 0 Å². The summed E-state index contributed by atoms with van der Waals surface area (Å²) in [5.41, 5.74) is 0. The summed E-state index contributed by atoms with van der Waals surface area (Å²) in [7, 11) is 0. The second kappa shape index (κ2) is 17.3. The molecule has 0 aliphatic heterocycles. The van der Waals surface area contributed by atoms with Gasteiger partial charge in [0.05, 0.1) is 19.6 Å². The second-order valence-electron chi connectivity index (χ2n) is 5.03. The van der Waals surface area contributed by atoms with Gasteiger partial charge in [0, 0.05) is 0 Å². The second-order valence-corrected chi connectivity index (χ2v) is 5.03. The van der Waals surface area contributed by atoms with Gasteiger partial charge in [-0.05, 0) is 0 Å². The van der Waals surface area contributed by atoms with Crippen LogP contribution in [0.3, 0.4) is 0 Å². The first-order valence-corrected chi connectivity index (χ1v) is 8.73. The number of carbonyl (C=O) groups is 5. The number of imide groups is 1. The minimum atomic E-state index is -0.977. The summed E-state index contributed by atoms with van der Waals surface area (Å²) in [5.74, 6) is 0. The Morgan fingerprint density at radius 1 is 0.581 bits per heavy atom. The van der Waals surface area contributed by atoms with Gasteiger partial charge in [-0.2, -0.15) is 0 Å². The molecule has 0 aromatic carbocycles. The SMILES string of the molecule is O=C(NCO)OCCNC(=O)N(CCOC(=O)NCO)C(=O)NCCOC(=O)NCO. The fraction of sp³-hybridized carbons (Fsp3) is 0.643. The number of nitrogens with one attached hydrogen (secondary N) is 5. The zero-order valence-electron chi connectivity index (χ0n) is 16.4. The van der Waals surface area contributed by atoms with Crippen LogP contribution in [-0.2, 0) is 14.2 Å². The largest absolute Gasteiger partial charge is 0.448 e. The number of aliphatic hydroxyl groups is 3. The first-order valence-electron chi connectivity index (χ1n) is 8.73. The maximum absolute atomic E-state index is 12.2. The van der Waals surface area contributed by atoms with E-state index in [1.165, 1.54) is 0 Å². The van der Waals surface area contributed by atoms with Crippen LogP contribution in [-0.4, -0.2) is 110 Å². The molecule has 0 radical (unpaired) electrons. The van der Waals surface area contributed by atoms with E-state index >= 15 is 0 Å². The molecule has 178 valence electrons. The van der Waals surface area contributed by atoms with Gasteiger partial charge in [0.2, 0.25) is 0 Å². The number of hydrogen-bond donors (Lipinski definition) is 8. The number of aliphatic hydroxyl groups excluding tert-OH is 3. The Kier molecular flexibility index (Phi) is 15.3. The highest BCUT2D eigenvalue weighted by Gasteiger charge is 2.21. The molecule has 0 atom stereocenters. The van der Waals surface area contributed by atoms with Gasteiger partial charge in [0.15, 0.2) is 0 Å². The number of rotatable bonds is 12. The van der Waals surface area contributed by atoms with E-state index in [1.807, 2.05) is 16.0 Å². The third-order valence-corrected chi connectivity index (χ3v) is 2.93. The Bertz CT molecular complexity index is 553. The van der Waals surface area contributed by atoms with Crippen molar-refractivity contribution in [3.63, 3.8) is 0 Å². The predicted octanol–water partition coefficient (Wildman–Crippen LogP) is -3.26. The van der Waals surface area contributed by atoms with Crippen molar-refractivity contribution in [1.29, 1.82) is 0 Å². The number of alkyl carbamates (subject to hydrolysis) is 3. The van der Waals surface area contributed by atoms with Gasteiger partial charge in [0.1, 0.15) is 40.0 Å². The molecule has 0 aliphatic rings. The molecule has 0 unspecified atom stereocenters. The first-order chi connectivity index (χ1) is 14.8. The van der Waals surface area contributed by atoms with Crippen molar-refractivity contribution < 1.29 is 53.5 Å². The van der Waals surface area contributed by atoms with E-state index in [2.05, 4.69) is 24.8 Å².